The van der Waals surface area contributed by atoms with Crippen LogP contribution in [0.3, 0.4) is 0 Å². The maximum atomic E-state index is 13.4. The van der Waals surface area contributed by atoms with Crippen LogP contribution in [0, 0.1) is 11.6 Å². The number of anilines is 3. The van der Waals surface area contributed by atoms with Crippen molar-refractivity contribution in [3.63, 3.8) is 0 Å². The Balaban J connectivity index is 2.08. The van der Waals surface area contributed by atoms with Gasteiger partial charge in [-0.2, -0.15) is 0 Å². The topological polar surface area (TPSA) is 67.1 Å². The van der Waals surface area contributed by atoms with E-state index < -0.39 is 17.7 Å². The van der Waals surface area contributed by atoms with Crippen LogP contribution in [0.25, 0.3) is 0 Å². The maximum Gasteiger partial charge on any atom is 0.323 e. The van der Waals surface area contributed by atoms with Crippen LogP contribution in [-0.4, -0.2) is 6.03 Å². The smallest absolute Gasteiger partial charge is 0.323 e. The minimum Gasteiger partial charge on any atom is -0.396 e. The molecule has 104 valence electrons. The number of hydrogen-bond acceptors (Lipinski definition) is 2. The third kappa shape index (κ3) is 3.36. The van der Waals surface area contributed by atoms with Gasteiger partial charge in [-0.15, -0.1) is 0 Å². The molecule has 0 aliphatic heterocycles. The molecule has 0 aliphatic rings. The highest BCUT2D eigenvalue weighted by Gasteiger charge is 2.10. The number of carbonyl (C=O) groups is 1. The van der Waals surface area contributed by atoms with E-state index in [-0.39, 0.29) is 11.4 Å². The van der Waals surface area contributed by atoms with Gasteiger partial charge < -0.3 is 16.4 Å². The Morgan fingerprint density at radius 2 is 1.70 bits per heavy atom. The van der Waals surface area contributed by atoms with Crippen molar-refractivity contribution in [1.82, 2.24) is 0 Å². The summed E-state index contributed by atoms with van der Waals surface area (Å²) in [5.41, 5.74) is 5.31. The zero-order chi connectivity index (χ0) is 14.7. The second kappa shape index (κ2) is 5.75. The Hall–Kier alpha value is -2.34. The van der Waals surface area contributed by atoms with E-state index >= 15 is 0 Å². The molecule has 0 heterocycles. The molecule has 4 nitrogen and oxygen atoms in total. The zero-order valence-corrected chi connectivity index (χ0v) is 10.8. The third-order valence-corrected chi connectivity index (χ3v) is 2.69. The average Bonchev–Trinajstić information content (AvgIpc) is 2.39. The quantitative estimate of drug-likeness (QED) is 0.737. The number of urea groups is 1. The predicted molar refractivity (Wildman–Crippen MR) is 74.9 cm³/mol. The molecule has 20 heavy (non-hydrogen) atoms. The minimum absolute atomic E-state index is 0.213. The molecule has 0 saturated heterocycles. The summed E-state index contributed by atoms with van der Waals surface area (Å²) in [5, 5.41) is 5.23. The first-order valence-electron chi connectivity index (χ1n) is 5.54. The van der Waals surface area contributed by atoms with Crippen molar-refractivity contribution in [2.24, 2.45) is 0 Å². The van der Waals surface area contributed by atoms with Gasteiger partial charge in [-0.3, -0.25) is 0 Å². The van der Waals surface area contributed by atoms with Crippen molar-refractivity contribution in [3.8, 4) is 0 Å². The van der Waals surface area contributed by atoms with E-state index in [9.17, 15) is 13.6 Å². The molecule has 2 rings (SSSR count). The molecule has 0 radical (unpaired) electrons. The van der Waals surface area contributed by atoms with Gasteiger partial charge in [0, 0.05) is 16.8 Å². The van der Waals surface area contributed by atoms with Crippen LogP contribution < -0.4 is 16.4 Å². The van der Waals surface area contributed by atoms with E-state index in [0.717, 1.165) is 6.07 Å². The van der Waals surface area contributed by atoms with Crippen molar-refractivity contribution >= 4 is 34.7 Å². The van der Waals surface area contributed by atoms with E-state index in [0.29, 0.717) is 16.8 Å². The van der Waals surface area contributed by atoms with Crippen LogP contribution in [0.15, 0.2) is 36.4 Å². The second-order valence-electron chi connectivity index (χ2n) is 3.94. The summed E-state index contributed by atoms with van der Waals surface area (Å²) in [6.07, 6.45) is 0. The largest absolute Gasteiger partial charge is 0.396 e. The van der Waals surface area contributed by atoms with Crippen molar-refractivity contribution in [2.45, 2.75) is 0 Å². The first-order valence-corrected chi connectivity index (χ1v) is 5.91. The van der Waals surface area contributed by atoms with Crippen LogP contribution in [0.4, 0.5) is 30.6 Å². The van der Waals surface area contributed by atoms with Gasteiger partial charge in [0.25, 0.3) is 0 Å². The summed E-state index contributed by atoms with van der Waals surface area (Å²) < 4.78 is 26.4. The molecule has 0 unspecified atom stereocenters. The van der Waals surface area contributed by atoms with E-state index in [1.54, 1.807) is 24.3 Å². The second-order valence-corrected chi connectivity index (χ2v) is 4.38. The molecule has 0 fully saturated rings. The highest BCUT2D eigenvalue weighted by atomic mass is 35.5. The molecule has 0 bridgehead atoms. The number of benzene rings is 2. The SMILES string of the molecule is Nc1cc(NC(=O)Nc2ccc(Cl)cc2)c(F)cc1F. The molecule has 4 N–H and O–H groups in total. The highest BCUT2D eigenvalue weighted by Crippen LogP contribution is 2.21. The standard InChI is InChI=1S/C13H10ClF2N3O/c14-7-1-3-8(4-2-7)18-13(20)19-12-6-11(17)9(15)5-10(12)16/h1-6H,17H2,(H2,18,19,20). The number of nitrogens with one attached hydrogen (secondary N) is 2. The number of nitrogen functional groups attached to an aromatic ring is 1. The maximum absolute atomic E-state index is 13.4. The predicted octanol–water partition coefficient (Wildman–Crippen LogP) is 3.84. The van der Waals surface area contributed by atoms with Crippen LogP contribution in [-0.2, 0) is 0 Å². The molecule has 0 saturated carbocycles. The van der Waals surface area contributed by atoms with Gasteiger partial charge in [0.15, 0.2) is 0 Å². The van der Waals surface area contributed by atoms with Gasteiger partial charge in [0.1, 0.15) is 11.6 Å². The molecule has 0 aliphatic carbocycles. The number of carbonyl (C=O) groups excluding carboxylic acids is 1. The summed E-state index contributed by atoms with van der Waals surface area (Å²) in [4.78, 5) is 11.7. The van der Waals surface area contributed by atoms with Crippen molar-refractivity contribution in [1.29, 1.82) is 0 Å². The Bertz CT molecular complexity index is 647. The number of nitrogens with two attached hydrogens (primary N) is 1. The summed E-state index contributed by atoms with van der Waals surface area (Å²) in [5.74, 6) is -1.80. The van der Waals surface area contributed by atoms with E-state index in [1.165, 1.54) is 0 Å². The van der Waals surface area contributed by atoms with E-state index in [2.05, 4.69) is 10.6 Å². The molecule has 2 aromatic rings. The first-order chi connectivity index (χ1) is 9.45. The Labute approximate surface area is 118 Å². The summed E-state index contributed by atoms with van der Waals surface area (Å²) in [6.45, 7) is 0. The molecule has 2 aromatic carbocycles. The van der Waals surface area contributed by atoms with Gasteiger partial charge in [0.2, 0.25) is 0 Å². The number of halogens is 3. The van der Waals surface area contributed by atoms with Gasteiger partial charge >= 0.3 is 6.03 Å². The fourth-order valence-electron chi connectivity index (χ4n) is 1.48. The van der Waals surface area contributed by atoms with Gasteiger partial charge in [-0.05, 0) is 30.3 Å². The van der Waals surface area contributed by atoms with Gasteiger partial charge in [-0.1, -0.05) is 11.6 Å². The van der Waals surface area contributed by atoms with Crippen molar-refractivity contribution in [3.05, 3.63) is 53.1 Å². The molecular weight excluding hydrogens is 288 g/mol. The lowest BCUT2D eigenvalue weighted by Crippen LogP contribution is -2.20. The average molecular weight is 298 g/mol. The Kier molecular flexibility index (Phi) is 4.05. The van der Waals surface area contributed by atoms with E-state index in [4.69, 9.17) is 17.3 Å². The molecular formula is C13H10ClF2N3O. The summed E-state index contributed by atoms with van der Waals surface area (Å²) in [7, 11) is 0. The number of rotatable bonds is 2. The fraction of sp³-hybridized carbons (Fsp3) is 0. The molecule has 0 aromatic heterocycles. The minimum atomic E-state index is -0.914. The molecule has 0 atom stereocenters. The summed E-state index contributed by atoms with van der Waals surface area (Å²) >= 11 is 5.70. The van der Waals surface area contributed by atoms with Gasteiger partial charge in [-0.25, -0.2) is 13.6 Å². The van der Waals surface area contributed by atoms with E-state index in [1.807, 2.05) is 0 Å². The van der Waals surface area contributed by atoms with Crippen LogP contribution >= 0.6 is 11.6 Å². The first kappa shape index (κ1) is 14.1. The summed E-state index contributed by atoms with van der Waals surface area (Å²) in [6, 6.07) is 7.27. The molecule has 0 spiro atoms. The Morgan fingerprint density at radius 1 is 1.05 bits per heavy atom. The normalized spacial score (nSPS) is 10.2. The highest BCUT2D eigenvalue weighted by molar-refractivity contribution is 6.30. The third-order valence-electron chi connectivity index (χ3n) is 2.44. The Morgan fingerprint density at radius 3 is 2.35 bits per heavy atom. The van der Waals surface area contributed by atoms with Crippen molar-refractivity contribution in [2.75, 3.05) is 16.4 Å². The lowest BCUT2D eigenvalue weighted by atomic mass is 10.2. The number of amides is 2. The van der Waals surface area contributed by atoms with Crippen LogP contribution in [0.1, 0.15) is 0 Å². The molecule has 2 amide bonds. The molecule has 7 heteroatoms. The fourth-order valence-corrected chi connectivity index (χ4v) is 1.61. The zero-order valence-electron chi connectivity index (χ0n) is 10.1. The van der Waals surface area contributed by atoms with Crippen molar-refractivity contribution < 1.29 is 13.6 Å². The lowest BCUT2D eigenvalue weighted by Gasteiger charge is -2.09. The lowest BCUT2D eigenvalue weighted by molar-refractivity contribution is 0.262. The van der Waals surface area contributed by atoms with Crippen LogP contribution in [0.2, 0.25) is 5.02 Å². The van der Waals surface area contributed by atoms with Gasteiger partial charge in [0.05, 0.1) is 11.4 Å². The monoisotopic (exact) mass is 297 g/mol. The van der Waals surface area contributed by atoms with Crippen LogP contribution in [0.5, 0.6) is 0 Å². The number of hydrogen-bond donors (Lipinski definition) is 3.